The van der Waals surface area contributed by atoms with Gasteiger partial charge in [-0.3, -0.25) is 9.98 Å². The Morgan fingerprint density at radius 3 is 1.70 bits per heavy atom. The molecule has 1 aromatic heterocycles. The molecule has 0 unspecified atom stereocenters. The van der Waals surface area contributed by atoms with Gasteiger partial charge in [-0.1, -0.05) is 123 Å². The summed E-state index contributed by atoms with van der Waals surface area (Å²) in [5.41, 5.74) is 10.2. The fourth-order valence-electron chi connectivity index (χ4n) is 6.08. The van der Waals surface area contributed by atoms with Crippen LogP contribution in [0.3, 0.4) is 0 Å². The molecule has 0 aliphatic rings. The average Bonchev–Trinajstić information content (AvgIpc) is 3.04. The summed E-state index contributed by atoms with van der Waals surface area (Å²) in [6, 6.07) is 40.6. The second-order valence-electron chi connectivity index (χ2n) is 12.4. The molecule has 44 heavy (non-hydrogen) atoms. The zero-order valence-electron chi connectivity index (χ0n) is 26.5. The van der Waals surface area contributed by atoms with Gasteiger partial charge >= 0.3 is 0 Å². The maximum absolute atomic E-state index is 5.30. The van der Waals surface area contributed by atoms with E-state index in [1.54, 1.807) is 0 Å². The van der Waals surface area contributed by atoms with Crippen molar-refractivity contribution in [2.75, 3.05) is 0 Å². The monoisotopic (exact) mass is 573 g/mol. The fraction of sp³-hybridized carbons (Fsp3) is 0.195. The lowest BCUT2D eigenvalue weighted by Gasteiger charge is -2.26. The molecule has 0 aliphatic carbocycles. The van der Waals surface area contributed by atoms with Crippen LogP contribution in [0.15, 0.2) is 125 Å². The topological polar surface area (TPSA) is 37.6 Å². The molecule has 5 aromatic carbocycles. The van der Waals surface area contributed by atoms with Gasteiger partial charge in [0.1, 0.15) is 0 Å². The molecule has 0 bridgehead atoms. The minimum atomic E-state index is -0.0853. The van der Waals surface area contributed by atoms with Gasteiger partial charge in [-0.05, 0) is 78.6 Å². The summed E-state index contributed by atoms with van der Waals surface area (Å²) in [5.74, 6) is 0. The van der Waals surface area contributed by atoms with E-state index in [1.807, 2.05) is 0 Å². The third-order valence-corrected chi connectivity index (χ3v) is 8.64. The predicted octanol–water partition coefficient (Wildman–Crippen LogP) is 10.8. The van der Waals surface area contributed by atoms with Crippen molar-refractivity contribution in [1.82, 2.24) is 4.98 Å². The van der Waals surface area contributed by atoms with Gasteiger partial charge < -0.3 is 0 Å². The summed E-state index contributed by atoms with van der Waals surface area (Å²) in [7, 11) is 0. The number of aromatic nitrogens is 1. The van der Waals surface area contributed by atoms with Crippen LogP contribution in [0.1, 0.15) is 61.3 Å². The van der Waals surface area contributed by atoms with E-state index in [4.69, 9.17) is 15.0 Å². The molecule has 3 heteroatoms. The molecule has 0 saturated heterocycles. The molecule has 218 valence electrons. The smallest absolute Gasteiger partial charge is 0.0882 e. The Morgan fingerprint density at radius 2 is 1.11 bits per heavy atom. The van der Waals surface area contributed by atoms with Crippen molar-refractivity contribution < 1.29 is 0 Å². The minimum absolute atomic E-state index is 0.0853. The molecule has 3 nitrogen and oxygen atoms in total. The van der Waals surface area contributed by atoms with E-state index in [9.17, 15) is 0 Å². The molecule has 0 atom stereocenters. The van der Waals surface area contributed by atoms with Gasteiger partial charge in [0.15, 0.2) is 0 Å². The Labute approximate surface area is 261 Å². The van der Waals surface area contributed by atoms with Crippen LogP contribution in [0.25, 0.3) is 21.5 Å². The van der Waals surface area contributed by atoms with Crippen molar-refractivity contribution >= 4 is 44.3 Å². The molecule has 1 heterocycles. The summed E-state index contributed by atoms with van der Waals surface area (Å²) < 4.78 is 0. The van der Waals surface area contributed by atoms with Gasteiger partial charge in [-0.2, -0.15) is 0 Å². The molecule has 0 amide bonds. The molecule has 0 radical (unpaired) electrons. The largest absolute Gasteiger partial charge is 0.251 e. The number of nitrogens with zero attached hydrogens (tertiary/aromatic N) is 3. The van der Waals surface area contributed by atoms with Crippen molar-refractivity contribution in [1.29, 1.82) is 0 Å². The van der Waals surface area contributed by atoms with Crippen molar-refractivity contribution in [2.45, 2.75) is 53.4 Å². The first-order valence-electron chi connectivity index (χ1n) is 15.3. The van der Waals surface area contributed by atoms with Crippen molar-refractivity contribution in [3.05, 3.63) is 149 Å². The van der Waals surface area contributed by atoms with Crippen LogP contribution < -0.4 is 0 Å². The Kier molecular flexibility index (Phi) is 7.97. The number of pyridine rings is 1. The van der Waals surface area contributed by atoms with E-state index in [-0.39, 0.29) is 5.41 Å². The Hall–Kier alpha value is -4.89. The zero-order chi connectivity index (χ0) is 30.8. The van der Waals surface area contributed by atoms with E-state index in [2.05, 4.69) is 157 Å². The van der Waals surface area contributed by atoms with Gasteiger partial charge in [0.25, 0.3) is 0 Å². The van der Waals surface area contributed by atoms with E-state index in [0.717, 1.165) is 62.5 Å². The summed E-state index contributed by atoms with van der Waals surface area (Å²) in [4.78, 5) is 15.7. The van der Waals surface area contributed by atoms with Crippen LogP contribution in [0, 0.1) is 13.8 Å². The number of rotatable bonds is 7. The Balaban J connectivity index is 1.49. The highest BCUT2D eigenvalue weighted by molar-refractivity contribution is 6.06. The molecule has 0 aliphatic heterocycles. The maximum Gasteiger partial charge on any atom is 0.0882 e. The Morgan fingerprint density at radius 1 is 0.591 bits per heavy atom. The summed E-state index contributed by atoms with van der Waals surface area (Å²) in [6.07, 6.45) is 0.833. The van der Waals surface area contributed by atoms with Crippen LogP contribution in [0.4, 0.5) is 11.4 Å². The van der Waals surface area contributed by atoms with Crippen molar-refractivity contribution in [3.8, 4) is 0 Å². The van der Waals surface area contributed by atoms with Crippen LogP contribution in [0.5, 0.6) is 0 Å². The number of hydrogen-bond acceptors (Lipinski definition) is 3. The van der Waals surface area contributed by atoms with Crippen LogP contribution in [-0.4, -0.2) is 16.4 Å². The average molecular weight is 574 g/mol. The van der Waals surface area contributed by atoms with Crippen LogP contribution in [-0.2, 0) is 11.8 Å². The maximum atomic E-state index is 5.30. The quantitative estimate of drug-likeness (QED) is 0.175. The minimum Gasteiger partial charge on any atom is -0.251 e. The summed E-state index contributed by atoms with van der Waals surface area (Å²) in [6.45, 7) is 13.0. The second kappa shape index (κ2) is 12.0. The Bertz CT molecular complexity index is 2050. The highest BCUT2D eigenvalue weighted by atomic mass is 14.8. The lowest BCUT2D eigenvalue weighted by atomic mass is 9.78. The van der Waals surface area contributed by atoms with Crippen molar-refractivity contribution in [3.63, 3.8) is 0 Å². The highest BCUT2D eigenvalue weighted by Gasteiger charge is 2.24. The van der Waals surface area contributed by atoms with Gasteiger partial charge in [0, 0.05) is 10.8 Å². The third-order valence-electron chi connectivity index (χ3n) is 8.64. The number of benzene rings is 5. The predicted molar refractivity (Wildman–Crippen MR) is 189 cm³/mol. The van der Waals surface area contributed by atoms with Crippen molar-refractivity contribution in [2.24, 2.45) is 9.98 Å². The first-order chi connectivity index (χ1) is 21.2. The summed E-state index contributed by atoms with van der Waals surface area (Å²) in [5, 5.41) is 4.67. The van der Waals surface area contributed by atoms with Crippen LogP contribution >= 0.6 is 0 Å². The number of aliphatic imine (C=N–C) groups is 2. The molecule has 0 spiro atoms. The van der Waals surface area contributed by atoms with E-state index >= 15 is 0 Å². The van der Waals surface area contributed by atoms with Gasteiger partial charge in [0.2, 0.25) is 0 Å². The van der Waals surface area contributed by atoms with E-state index in [0.29, 0.717) is 0 Å². The molecule has 6 aromatic rings. The normalized spacial score (nSPS) is 12.7. The number of aryl methyl sites for hydroxylation is 2. The van der Waals surface area contributed by atoms with E-state index in [1.165, 1.54) is 21.9 Å². The first-order valence-corrected chi connectivity index (χ1v) is 15.3. The van der Waals surface area contributed by atoms with Gasteiger partial charge in [0.05, 0.1) is 34.2 Å². The molecular weight excluding hydrogens is 534 g/mol. The molecule has 6 rings (SSSR count). The van der Waals surface area contributed by atoms with E-state index < -0.39 is 0 Å². The van der Waals surface area contributed by atoms with Gasteiger partial charge in [-0.25, -0.2) is 4.98 Å². The number of hydrogen-bond donors (Lipinski definition) is 0. The molecular formula is C41H39N3. The standard InChI is InChI=1S/C41H39N3/c1-27-20-22-31-14-10-12-18-35(31)38(27)42-29(3)37-25-24-33(26-41(5,6)34-16-8-7-9-17-34)40(44-37)30(4)43-39-28(2)21-23-32-15-11-13-19-36(32)39/h7-25H,26H2,1-6H3. The second-order valence-corrected chi connectivity index (χ2v) is 12.4. The lowest BCUT2D eigenvalue weighted by Crippen LogP contribution is -2.22. The lowest BCUT2D eigenvalue weighted by molar-refractivity contribution is 0.521. The zero-order valence-corrected chi connectivity index (χ0v) is 26.5. The SMILES string of the molecule is CC(=Nc1c(C)ccc2ccccc12)c1ccc(CC(C)(C)c2ccccc2)c(C(C)=Nc2c(C)ccc3ccccc23)n1. The fourth-order valence-corrected chi connectivity index (χ4v) is 6.08. The highest BCUT2D eigenvalue weighted by Crippen LogP contribution is 2.33. The molecule has 0 N–H and O–H groups in total. The van der Waals surface area contributed by atoms with Gasteiger partial charge in [-0.15, -0.1) is 0 Å². The first kappa shape index (κ1) is 29.2. The summed E-state index contributed by atoms with van der Waals surface area (Å²) >= 11 is 0. The van der Waals surface area contributed by atoms with Crippen LogP contribution in [0.2, 0.25) is 0 Å². The number of fused-ring (bicyclic) bond motifs is 2. The third kappa shape index (κ3) is 5.83. The molecule has 0 saturated carbocycles. The molecule has 0 fully saturated rings.